The summed E-state index contributed by atoms with van der Waals surface area (Å²) in [7, 11) is 0. The first-order chi connectivity index (χ1) is 21.2. The van der Waals surface area contributed by atoms with E-state index in [-0.39, 0.29) is 29.3 Å². The van der Waals surface area contributed by atoms with Gasteiger partial charge in [-0.25, -0.2) is 4.79 Å². The number of ketones is 1. The summed E-state index contributed by atoms with van der Waals surface area (Å²) in [5.74, 6) is -0.280. The van der Waals surface area contributed by atoms with Crippen LogP contribution in [0, 0.1) is 0 Å². The molecule has 0 aromatic heterocycles. The van der Waals surface area contributed by atoms with Crippen LogP contribution in [0.25, 0.3) is 6.08 Å². The van der Waals surface area contributed by atoms with Gasteiger partial charge in [0.1, 0.15) is 35.2 Å². The molecule has 7 heteroatoms. The highest BCUT2D eigenvalue weighted by molar-refractivity contribution is 5.98. The minimum absolute atomic E-state index is 0.0110. The van der Waals surface area contributed by atoms with E-state index >= 15 is 0 Å². The third kappa shape index (κ3) is 7.39. The molecule has 0 saturated carbocycles. The number of benzene rings is 3. The van der Waals surface area contributed by atoms with Gasteiger partial charge >= 0.3 is 11.9 Å². The van der Waals surface area contributed by atoms with Crippen LogP contribution in [0.1, 0.15) is 116 Å². The summed E-state index contributed by atoms with van der Waals surface area (Å²) in [5, 5.41) is 11.6. The van der Waals surface area contributed by atoms with Crippen molar-refractivity contribution in [3.63, 3.8) is 0 Å². The van der Waals surface area contributed by atoms with Gasteiger partial charge in [-0.15, -0.1) is 0 Å². The number of rotatable bonds is 5. The normalized spacial score (nSPS) is 20.1. The van der Waals surface area contributed by atoms with Crippen molar-refractivity contribution in [1.82, 2.24) is 0 Å². The van der Waals surface area contributed by atoms with Crippen LogP contribution in [0.5, 0.6) is 17.2 Å². The minimum atomic E-state index is -0.651. The van der Waals surface area contributed by atoms with Gasteiger partial charge in [-0.2, -0.15) is 0 Å². The first-order valence-corrected chi connectivity index (χ1v) is 15.5. The maximum Gasteiger partial charge on any atom is 0.342 e. The maximum absolute atomic E-state index is 13.4. The zero-order valence-electron chi connectivity index (χ0n) is 25.6. The van der Waals surface area contributed by atoms with E-state index in [9.17, 15) is 19.5 Å². The number of carbonyl (C=O) groups excluding carboxylic acids is 3. The average molecular weight is 597 g/mol. The van der Waals surface area contributed by atoms with Gasteiger partial charge in [0.25, 0.3) is 0 Å². The number of cyclic esters (lactones) is 1. The van der Waals surface area contributed by atoms with Crippen LogP contribution in [0.3, 0.4) is 0 Å². The average Bonchev–Trinajstić information content (AvgIpc) is 2.99. The Morgan fingerprint density at radius 3 is 2.43 bits per heavy atom. The molecule has 2 aliphatic heterocycles. The summed E-state index contributed by atoms with van der Waals surface area (Å²) in [6, 6.07) is 17.4. The lowest BCUT2D eigenvalue weighted by Crippen LogP contribution is -2.23. The molecule has 230 valence electrons. The van der Waals surface area contributed by atoms with Crippen molar-refractivity contribution in [2.24, 2.45) is 0 Å². The summed E-state index contributed by atoms with van der Waals surface area (Å²) in [4.78, 5) is 38.3. The van der Waals surface area contributed by atoms with Crippen molar-refractivity contribution in [1.29, 1.82) is 0 Å². The van der Waals surface area contributed by atoms with Crippen molar-refractivity contribution in [3.8, 4) is 17.2 Å². The first-order valence-electron chi connectivity index (χ1n) is 15.5. The van der Waals surface area contributed by atoms with Crippen LogP contribution >= 0.6 is 0 Å². The van der Waals surface area contributed by atoms with Crippen molar-refractivity contribution in [2.75, 3.05) is 0 Å². The van der Waals surface area contributed by atoms with E-state index in [0.29, 0.717) is 67.9 Å². The van der Waals surface area contributed by atoms with E-state index in [2.05, 4.69) is 38.1 Å². The number of phenols is 1. The number of ether oxygens (including phenoxy) is 3. The number of esters is 2. The lowest BCUT2D eigenvalue weighted by molar-refractivity contribution is -0.135. The van der Waals surface area contributed by atoms with Gasteiger partial charge in [-0.05, 0) is 79.0 Å². The van der Waals surface area contributed by atoms with E-state index in [4.69, 9.17) is 14.2 Å². The number of phenolic OH excluding ortho intramolecular Hbond substituents is 1. The molecule has 0 saturated heterocycles. The molecule has 2 atom stereocenters. The lowest BCUT2D eigenvalue weighted by Gasteiger charge is -2.28. The SMILES string of the molecule is CC1CCCC(=O)CCC/C=C/c2cc3c(c(O)c2C(=O)O1)C(c1ccc(OCc2ccc(C(C)C)cc2)cc1)CC(=O)O3. The predicted molar refractivity (Wildman–Crippen MR) is 168 cm³/mol. The third-order valence-electron chi connectivity index (χ3n) is 8.31. The molecule has 3 aromatic carbocycles. The Kier molecular flexibility index (Phi) is 9.83. The van der Waals surface area contributed by atoms with Crippen molar-refractivity contribution >= 4 is 23.8 Å². The van der Waals surface area contributed by atoms with E-state index in [1.54, 1.807) is 19.1 Å². The summed E-state index contributed by atoms with van der Waals surface area (Å²) >= 11 is 0. The Morgan fingerprint density at radius 2 is 1.70 bits per heavy atom. The monoisotopic (exact) mass is 596 g/mol. The van der Waals surface area contributed by atoms with Crippen LogP contribution in [0.2, 0.25) is 0 Å². The molecule has 0 fully saturated rings. The fourth-order valence-corrected chi connectivity index (χ4v) is 5.77. The topological polar surface area (TPSA) is 99.1 Å². The van der Waals surface area contributed by atoms with Crippen LogP contribution in [0.15, 0.2) is 60.7 Å². The molecule has 44 heavy (non-hydrogen) atoms. The fourth-order valence-electron chi connectivity index (χ4n) is 5.77. The highest BCUT2D eigenvalue weighted by atomic mass is 16.5. The number of hydrogen-bond donors (Lipinski definition) is 1. The van der Waals surface area contributed by atoms with Crippen LogP contribution in [0.4, 0.5) is 0 Å². The first kappa shape index (κ1) is 31.0. The number of hydrogen-bond acceptors (Lipinski definition) is 7. The van der Waals surface area contributed by atoms with Crippen molar-refractivity contribution in [2.45, 2.75) is 90.3 Å². The van der Waals surface area contributed by atoms with Gasteiger partial charge in [0, 0.05) is 24.3 Å². The predicted octanol–water partition coefficient (Wildman–Crippen LogP) is 8.02. The Bertz CT molecular complexity index is 1530. The Labute approximate surface area is 258 Å². The number of allylic oxidation sites excluding steroid dienone is 1. The molecule has 3 aromatic rings. The van der Waals surface area contributed by atoms with Gasteiger partial charge in [-0.3, -0.25) is 9.59 Å². The smallest absolute Gasteiger partial charge is 0.342 e. The van der Waals surface area contributed by atoms with Gasteiger partial charge in [0.2, 0.25) is 0 Å². The molecular weight excluding hydrogens is 556 g/mol. The van der Waals surface area contributed by atoms with Crippen LogP contribution in [-0.4, -0.2) is 28.9 Å². The third-order valence-corrected chi connectivity index (χ3v) is 8.31. The zero-order valence-corrected chi connectivity index (χ0v) is 25.6. The zero-order chi connectivity index (χ0) is 31.2. The Hall–Kier alpha value is -4.39. The van der Waals surface area contributed by atoms with Gasteiger partial charge < -0.3 is 19.3 Å². The molecule has 2 heterocycles. The highest BCUT2D eigenvalue weighted by Gasteiger charge is 2.35. The summed E-state index contributed by atoms with van der Waals surface area (Å²) in [6.45, 7) is 6.53. The van der Waals surface area contributed by atoms with Crippen molar-refractivity contribution < 1.29 is 33.7 Å². The molecule has 2 aliphatic rings. The molecule has 0 aliphatic carbocycles. The second kappa shape index (κ2) is 13.9. The molecule has 1 N–H and O–H groups in total. The highest BCUT2D eigenvalue weighted by Crippen LogP contribution is 2.47. The van der Waals surface area contributed by atoms with Gasteiger partial charge in [0.05, 0.1) is 12.5 Å². The quantitative estimate of drug-likeness (QED) is 0.235. The summed E-state index contributed by atoms with van der Waals surface area (Å²) in [6.07, 6.45) is 6.63. The van der Waals surface area contributed by atoms with Crippen LogP contribution in [-0.2, 0) is 20.9 Å². The molecule has 0 spiro atoms. The maximum atomic E-state index is 13.4. The fraction of sp³-hybridized carbons (Fsp3) is 0.378. The largest absolute Gasteiger partial charge is 0.507 e. The van der Waals surface area contributed by atoms with Gasteiger partial charge in [-0.1, -0.05) is 62.4 Å². The molecule has 0 bridgehead atoms. The summed E-state index contributed by atoms with van der Waals surface area (Å²) in [5.41, 5.74) is 3.96. The Morgan fingerprint density at radius 1 is 0.977 bits per heavy atom. The standard InChI is InChI=1S/C37H40O7/c1-23(2)26-14-12-25(13-15-26)22-42-30-18-16-27(17-19-30)31-21-33(39)44-32-20-28-9-5-4-6-10-29(38)11-7-8-24(3)43-37(41)34(28)36(40)35(31)32/h5,9,12-20,23-24,31,40H,4,6-8,10-11,21-22H2,1-3H3/b9-5+. The van der Waals surface area contributed by atoms with E-state index < -0.39 is 24.0 Å². The second-order valence-corrected chi connectivity index (χ2v) is 12.0. The van der Waals surface area contributed by atoms with E-state index in [0.717, 1.165) is 11.1 Å². The number of fused-ring (bicyclic) bond motifs is 2. The second-order valence-electron chi connectivity index (χ2n) is 12.0. The molecule has 2 unspecified atom stereocenters. The molecule has 0 amide bonds. The van der Waals surface area contributed by atoms with E-state index in [1.807, 2.05) is 30.3 Å². The summed E-state index contributed by atoms with van der Waals surface area (Å²) < 4.78 is 17.3. The van der Waals surface area contributed by atoms with Crippen LogP contribution < -0.4 is 9.47 Å². The number of aromatic hydroxyl groups is 1. The molecule has 5 rings (SSSR count). The van der Waals surface area contributed by atoms with Crippen molar-refractivity contribution in [3.05, 3.63) is 94.1 Å². The van der Waals surface area contributed by atoms with Gasteiger partial charge in [0.15, 0.2) is 0 Å². The van der Waals surface area contributed by atoms with E-state index in [1.165, 1.54) is 5.56 Å². The minimum Gasteiger partial charge on any atom is -0.507 e. The molecule has 0 radical (unpaired) electrons. The molecular formula is C37H40O7. The number of carbonyl (C=O) groups is 3. The molecule has 7 nitrogen and oxygen atoms in total. The lowest BCUT2D eigenvalue weighted by atomic mass is 9.83. The Balaban J connectivity index is 1.42. The number of Topliss-reactive ketones (excluding diaryl/α,β-unsaturated/α-hetero) is 1.